The zero-order valence-electron chi connectivity index (χ0n) is 8.73. The third kappa shape index (κ3) is 2.23. The summed E-state index contributed by atoms with van der Waals surface area (Å²) in [7, 11) is 0. The van der Waals surface area contributed by atoms with Crippen molar-refractivity contribution >= 4 is 16.7 Å². The molecule has 4 heteroatoms. The molecule has 1 aliphatic carbocycles. The fourth-order valence-corrected chi connectivity index (χ4v) is 2.77. The van der Waals surface area contributed by atoms with Gasteiger partial charge in [0.2, 0.25) is 5.13 Å². The van der Waals surface area contributed by atoms with Crippen LogP contribution in [0.15, 0.2) is 6.33 Å². The first kappa shape index (κ1) is 9.90. The third-order valence-corrected chi connectivity index (χ3v) is 3.70. The van der Waals surface area contributed by atoms with Crippen LogP contribution in [0.2, 0.25) is 0 Å². The van der Waals surface area contributed by atoms with Crippen molar-refractivity contribution in [3.8, 4) is 0 Å². The monoisotopic (exact) mass is 211 g/mol. The molecule has 0 spiro atoms. The molecule has 1 aliphatic rings. The number of aromatic nitrogens is 2. The first-order valence-electron chi connectivity index (χ1n) is 5.29. The van der Waals surface area contributed by atoms with Crippen LogP contribution in [0.4, 0.5) is 5.13 Å². The molecular weight excluding hydrogens is 194 g/mol. The molecular formula is C10H17N3S. The maximum absolute atomic E-state index is 4.16. The van der Waals surface area contributed by atoms with Crippen molar-refractivity contribution in [2.45, 2.75) is 39.2 Å². The van der Waals surface area contributed by atoms with Crippen LogP contribution in [0.3, 0.4) is 0 Å². The highest BCUT2D eigenvalue weighted by molar-refractivity contribution is 7.09. The topological polar surface area (TPSA) is 37.8 Å². The number of rotatable bonds is 2. The van der Waals surface area contributed by atoms with Crippen LogP contribution in [-0.2, 0) is 0 Å². The van der Waals surface area contributed by atoms with Gasteiger partial charge in [0, 0.05) is 17.6 Å². The molecule has 3 atom stereocenters. The van der Waals surface area contributed by atoms with Crippen LogP contribution in [0.5, 0.6) is 0 Å². The van der Waals surface area contributed by atoms with Crippen molar-refractivity contribution in [1.29, 1.82) is 0 Å². The molecule has 3 unspecified atom stereocenters. The molecule has 1 N–H and O–H groups in total. The van der Waals surface area contributed by atoms with E-state index >= 15 is 0 Å². The van der Waals surface area contributed by atoms with Gasteiger partial charge in [0.05, 0.1) is 0 Å². The Morgan fingerprint density at radius 1 is 1.43 bits per heavy atom. The fourth-order valence-electron chi connectivity index (χ4n) is 2.28. The Morgan fingerprint density at radius 3 is 2.93 bits per heavy atom. The molecule has 1 heterocycles. The van der Waals surface area contributed by atoms with Gasteiger partial charge in [0.25, 0.3) is 0 Å². The molecule has 0 bridgehead atoms. The summed E-state index contributed by atoms with van der Waals surface area (Å²) in [6.45, 7) is 4.67. The molecule has 0 aromatic carbocycles. The molecule has 1 aromatic rings. The molecule has 1 fully saturated rings. The maximum Gasteiger partial charge on any atom is 0.202 e. The van der Waals surface area contributed by atoms with Crippen molar-refractivity contribution in [2.24, 2.45) is 11.8 Å². The van der Waals surface area contributed by atoms with Crippen LogP contribution in [-0.4, -0.2) is 15.4 Å². The molecule has 0 radical (unpaired) electrons. The van der Waals surface area contributed by atoms with Crippen LogP contribution < -0.4 is 5.32 Å². The van der Waals surface area contributed by atoms with Crippen molar-refractivity contribution < 1.29 is 0 Å². The van der Waals surface area contributed by atoms with Gasteiger partial charge in [-0.15, -0.1) is 0 Å². The molecule has 2 rings (SSSR count). The van der Waals surface area contributed by atoms with E-state index in [4.69, 9.17) is 0 Å². The van der Waals surface area contributed by atoms with E-state index in [1.165, 1.54) is 30.8 Å². The Balaban J connectivity index is 1.92. The SMILES string of the molecule is CC1CCC(Nc2ncns2)C(C)C1. The predicted octanol–water partition coefficient (Wildman–Crippen LogP) is 2.77. The quantitative estimate of drug-likeness (QED) is 0.817. The van der Waals surface area contributed by atoms with Gasteiger partial charge in [0.15, 0.2) is 0 Å². The standard InChI is InChI=1S/C10H17N3S/c1-7-3-4-9(8(2)5-7)13-10-11-6-12-14-10/h6-9H,3-5H2,1-2H3,(H,11,12,13). The van der Waals surface area contributed by atoms with E-state index in [-0.39, 0.29) is 0 Å². The highest BCUT2D eigenvalue weighted by Gasteiger charge is 2.25. The minimum Gasteiger partial charge on any atom is -0.357 e. The summed E-state index contributed by atoms with van der Waals surface area (Å²) in [6, 6.07) is 0.596. The second kappa shape index (κ2) is 4.26. The molecule has 1 saturated carbocycles. The van der Waals surface area contributed by atoms with Crippen LogP contribution >= 0.6 is 11.5 Å². The van der Waals surface area contributed by atoms with Crippen LogP contribution in [0.1, 0.15) is 33.1 Å². The normalized spacial score (nSPS) is 32.9. The largest absolute Gasteiger partial charge is 0.357 e. The Bertz CT molecular complexity index is 273. The summed E-state index contributed by atoms with van der Waals surface area (Å²) in [5.74, 6) is 1.64. The Kier molecular flexibility index (Phi) is 3.01. The highest BCUT2D eigenvalue weighted by Crippen LogP contribution is 2.30. The van der Waals surface area contributed by atoms with E-state index in [0.717, 1.165) is 17.0 Å². The van der Waals surface area contributed by atoms with E-state index in [1.54, 1.807) is 6.33 Å². The molecule has 0 aliphatic heterocycles. The lowest BCUT2D eigenvalue weighted by atomic mass is 9.80. The minimum absolute atomic E-state index is 0.596. The first-order valence-corrected chi connectivity index (χ1v) is 6.06. The smallest absolute Gasteiger partial charge is 0.202 e. The van der Waals surface area contributed by atoms with Gasteiger partial charge in [-0.2, -0.15) is 4.37 Å². The van der Waals surface area contributed by atoms with Gasteiger partial charge in [-0.25, -0.2) is 4.98 Å². The molecule has 3 nitrogen and oxygen atoms in total. The Labute approximate surface area is 89.1 Å². The molecule has 1 aromatic heterocycles. The maximum atomic E-state index is 4.16. The van der Waals surface area contributed by atoms with Gasteiger partial charge in [-0.1, -0.05) is 13.8 Å². The van der Waals surface area contributed by atoms with E-state index < -0.39 is 0 Å². The second-order valence-electron chi connectivity index (χ2n) is 4.39. The predicted molar refractivity (Wildman–Crippen MR) is 59.5 cm³/mol. The lowest BCUT2D eigenvalue weighted by Crippen LogP contribution is -2.32. The van der Waals surface area contributed by atoms with E-state index in [1.807, 2.05) is 0 Å². The minimum atomic E-state index is 0.596. The van der Waals surface area contributed by atoms with E-state index in [0.29, 0.717) is 6.04 Å². The van der Waals surface area contributed by atoms with Crippen molar-refractivity contribution in [3.63, 3.8) is 0 Å². The molecule has 78 valence electrons. The van der Waals surface area contributed by atoms with Gasteiger partial charge in [-0.3, -0.25) is 0 Å². The van der Waals surface area contributed by atoms with E-state index in [2.05, 4.69) is 28.5 Å². The number of hydrogen-bond donors (Lipinski definition) is 1. The van der Waals surface area contributed by atoms with E-state index in [9.17, 15) is 0 Å². The summed E-state index contributed by atoms with van der Waals surface area (Å²) in [6.07, 6.45) is 5.54. The zero-order valence-corrected chi connectivity index (χ0v) is 9.55. The molecule has 0 amide bonds. The average Bonchev–Trinajstić information content (AvgIpc) is 2.62. The van der Waals surface area contributed by atoms with Crippen LogP contribution in [0, 0.1) is 11.8 Å². The van der Waals surface area contributed by atoms with Gasteiger partial charge in [-0.05, 0) is 31.1 Å². The van der Waals surface area contributed by atoms with Crippen LogP contribution in [0.25, 0.3) is 0 Å². The summed E-state index contributed by atoms with van der Waals surface area (Å²) in [4.78, 5) is 4.16. The number of nitrogens with one attached hydrogen (secondary N) is 1. The summed E-state index contributed by atoms with van der Waals surface area (Å²) in [5, 5.41) is 4.44. The molecule has 14 heavy (non-hydrogen) atoms. The number of nitrogens with zero attached hydrogens (tertiary/aromatic N) is 2. The fraction of sp³-hybridized carbons (Fsp3) is 0.800. The van der Waals surface area contributed by atoms with Crippen molar-refractivity contribution in [1.82, 2.24) is 9.36 Å². The van der Waals surface area contributed by atoms with Gasteiger partial charge in [0.1, 0.15) is 6.33 Å². The number of anilines is 1. The van der Waals surface area contributed by atoms with Gasteiger partial charge < -0.3 is 5.32 Å². The Hall–Kier alpha value is -0.640. The van der Waals surface area contributed by atoms with Crippen molar-refractivity contribution in [2.75, 3.05) is 5.32 Å². The number of hydrogen-bond acceptors (Lipinski definition) is 4. The Morgan fingerprint density at radius 2 is 2.29 bits per heavy atom. The summed E-state index contributed by atoms with van der Waals surface area (Å²) in [5.41, 5.74) is 0. The second-order valence-corrected chi connectivity index (χ2v) is 5.17. The average molecular weight is 211 g/mol. The highest BCUT2D eigenvalue weighted by atomic mass is 32.1. The lowest BCUT2D eigenvalue weighted by Gasteiger charge is -2.32. The first-order chi connectivity index (χ1) is 6.75. The zero-order chi connectivity index (χ0) is 9.97. The summed E-state index contributed by atoms with van der Waals surface area (Å²) < 4.78 is 4.00. The lowest BCUT2D eigenvalue weighted by molar-refractivity contribution is 0.276. The van der Waals surface area contributed by atoms with Crippen molar-refractivity contribution in [3.05, 3.63) is 6.33 Å². The molecule has 0 saturated heterocycles. The third-order valence-electron chi connectivity index (χ3n) is 3.10. The van der Waals surface area contributed by atoms with Gasteiger partial charge >= 0.3 is 0 Å². The summed E-state index contributed by atoms with van der Waals surface area (Å²) >= 11 is 1.45.